The zero-order chi connectivity index (χ0) is 15.7. The number of aromatic nitrogens is 4. The predicted octanol–water partition coefficient (Wildman–Crippen LogP) is 1.39. The molecule has 22 heavy (non-hydrogen) atoms. The van der Waals surface area contributed by atoms with Gasteiger partial charge in [0.05, 0.1) is 24.5 Å². The third-order valence-electron chi connectivity index (χ3n) is 3.10. The topological polar surface area (TPSA) is 139 Å². The highest BCUT2D eigenvalue weighted by Crippen LogP contribution is 2.32. The summed E-state index contributed by atoms with van der Waals surface area (Å²) in [6.07, 6.45) is 2.83. The van der Waals surface area contributed by atoms with Crippen LogP contribution in [0.3, 0.4) is 0 Å². The largest absolute Gasteiger partial charge is 0.494 e. The minimum Gasteiger partial charge on any atom is -0.494 e. The van der Waals surface area contributed by atoms with E-state index < -0.39 is 5.97 Å². The van der Waals surface area contributed by atoms with E-state index in [1.807, 2.05) is 0 Å². The van der Waals surface area contributed by atoms with Crippen LogP contribution in [-0.4, -0.2) is 38.4 Å². The number of hydrogen-bond acceptors (Lipinski definition) is 7. The third kappa shape index (κ3) is 2.24. The zero-order valence-electron chi connectivity index (χ0n) is 11.5. The minimum absolute atomic E-state index is 0.0844. The molecule has 3 rings (SSSR count). The number of anilines is 3. The van der Waals surface area contributed by atoms with Gasteiger partial charge in [-0.15, -0.1) is 0 Å². The number of rotatable bonds is 4. The fourth-order valence-corrected chi connectivity index (χ4v) is 2.07. The van der Waals surface area contributed by atoms with Crippen LogP contribution in [0.15, 0.2) is 24.7 Å². The van der Waals surface area contributed by atoms with Gasteiger partial charge in [0.1, 0.15) is 23.5 Å². The van der Waals surface area contributed by atoms with Gasteiger partial charge < -0.3 is 20.9 Å². The van der Waals surface area contributed by atoms with Gasteiger partial charge in [-0.2, -0.15) is 5.10 Å². The van der Waals surface area contributed by atoms with Crippen molar-refractivity contribution in [1.29, 1.82) is 0 Å². The molecule has 0 aliphatic rings. The lowest BCUT2D eigenvalue weighted by molar-refractivity contribution is 0.0698. The Bertz CT molecular complexity index is 860. The van der Waals surface area contributed by atoms with Gasteiger partial charge in [0.25, 0.3) is 0 Å². The number of aromatic carboxylic acids is 1. The number of benzene rings is 1. The number of nitrogens with one attached hydrogen (secondary N) is 2. The number of H-pyrrole nitrogens is 1. The van der Waals surface area contributed by atoms with Crippen LogP contribution in [-0.2, 0) is 0 Å². The molecular weight excluding hydrogens is 288 g/mol. The smallest absolute Gasteiger partial charge is 0.343 e. The molecule has 2 aromatic heterocycles. The molecule has 0 fully saturated rings. The van der Waals surface area contributed by atoms with E-state index in [0.717, 1.165) is 10.9 Å². The van der Waals surface area contributed by atoms with Crippen molar-refractivity contribution in [3.05, 3.63) is 30.2 Å². The molecule has 0 aliphatic carbocycles. The van der Waals surface area contributed by atoms with E-state index in [1.54, 1.807) is 18.3 Å². The molecule has 0 atom stereocenters. The van der Waals surface area contributed by atoms with E-state index in [0.29, 0.717) is 11.4 Å². The van der Waals surface area contributed by atoms with Crippen molar-refractivity contribution in [1.82, 2.24) is 20.2 Å². The van der Waals surface area contributed by atoms with E-state index in [9.17, 15) is 9.90 Å². The quantitative estimate of drug-likeness (QED) is 0.566. The van der Waals surface area contributed by atoms with Crippen molar-refractivity contribution in [2.75, 3.05) is 18.2 Å². The number of carbonyl (C=O) groups is 1. The number of nitrogen functional groups attached to an aromatic ring is 1. The second-order valence-electron chi connectivity index (χ2n) is 4.42. The summed E-state index contributed by atoms with van der Waals surface area (Å²) < 4.78 is 5.29. The summed E-state index contributed by atoms with van der Waals surface area (Å²) >= 11 is 0. The molecule has 2 heterocycles. The number of aromatic amines is 1. The van der Waals surface area contributed by atoms with Crippen LogP contribution in [0.2, 0.25) is 0 Å². The lowest BCUT2D eigenvalue weighted by atomic mass is 10.2. The van der Waals surface area contributed by atoms with E-state index in [4.69, 9.17) is 10.5 Å². The van der Waals surface area contributed by atoms with Gasteiger partial charge in [-0.25, -0.2) is 14.8 Å². The Balaban J connectivity index is 2.10. The first-order chi connectivity index (χ1) is 10.6. The van der Waals surface area contributed by atoms with Crippen molar-refractivity contribution in [3.8, 4) is 5.75 Å². The number of nitrogens with zero attached hydrogens (tertiary/aromatic N) is 3. The van der Waals surface area contributed by atoms with E-state index in [2.05, 4.69) is 25.5 Å². The summed E-state index contributed by atoms with van der Waals surface area (Å²) in [5.41, 5.74) is 6.74. The van der Waals surface area contributed by atoms with E-state index >= 15 is 0 Å². The summed E-state index contributed by atoms with van der Waals surface area (Å²) in [7, 11) is 1.51. The summed E-state index contributed by atoms with van der Waals surface area (Å²) in [4.78, 5) is 18.9. The van der Waals surface area contributed by atoms with E-state index in [-0.39, 0.29) is 17.2 Å². The Kier molecular flexibility index (Phi) is 3.22. The normalized spacial score (nSPS) is 10.6. The number of carboxylic acid groups (broad SMARTS) is 1. The Hall–Kier alpha value is -3.36. The number of ether oxygens (including phenoxy) is 1. The summed E-state index contributed by atoms with van der Waals surface area (Å²) in [5, 5.41) is 19.8. The maximum atomic E-state index is 11.3. The Morgan fingerprint density at radius 3 is 2.95 bits per heavy atom. The van der Waals surface area contributed by atoms with Gasteiger partial charge in [0.2, 0.25) is 0 Å². The van der Waals surface area contributed by atoms with Crippen molar-refractivity contribution < 1.29 is 14.6 Å². The second-order valence-corrected chi connectivity index (χ2v) is 4.42. The maximum absolute atomic E-state index is 11.3. The predicted molar refractivity (Wildman–Crippen MR) is 79.3 cm³/mol. The molecule has 0 amide bonds. The molecule has 3 aromatic rings. The molecule has 1 aromatic carbocycles. The highest BCUT2D eigenvalue weighted by Gasteiger charge is 2.18. The van der Waals surface area contributed by atoms with Gasteiger partial charge in [-0.1, -0.05) is 0 Å². The van der Waals surface area contributed by atoms with Crippen molar-refractivity contribution in [3.63, 3.8) is 0 Å². The average molecular weight is 300 g/mol. The SMILES string of the molecule is COc1cc2[nH]ncc2cc1Nc1ncnc(N)c1C(=O)O. The Labute approximate surface area is 124 Å². The van der Waals surface area contributed by atoms with Gasteiger partial charge in [0.15, 0.2) is 5.82 Å². The van der Waals surface area contributed by atoms with Crippen molar-refractivity contribution >= 4 is 34.2 Å². The molecule has 9 nitrogen and oxygen atoms in total. The van der Waals surface area contributed by atoms with Crippen LogP contribution < -0.4 is 15.8 Å². The number of nitrogens with two attached hydrogens (primary N) is 1. The Morgan fingerprint density at radius 2 is 2.23 bits per heavy atom. The maximum Gasteiger partial charge on any atom is 0.343 e. The molecule has 0 bridgehead atoms. The fraction of sp³-hybridized carbons (Fsp3) is 0.0769. The van der Waals surface area contributed by atoms with E-state index in [1.165, 1.54) is 13.4 Å². The van der Waals surface area contributed by atoms with Crippen LogP contribution >= 0.6 is 0 Å². The summed E-state index contributed by atoms with van der Waals surface area (Å²) in [6, 6.07) is 3.51. The monoisotopic (exact) mass is 300 g/mol. The van der Waals surface area contributed by atoms with Gasteiger partial charge in [0, 0.05) is 11.5 Å². The molecule has 0 aliphatic heterocycles. The van der Waals surface area contributed by atoms with Crippen molar-refractivity contribution in [2.45, 2.75) is 0 Å². The van der Waals surface area contributed by atoms with Crippen molar-refractivity contribution in [2.24, 2.45) is 0 Å². The molecule has 9 heteroatoms. The minimum atomic E-state index is -1.22. The van der Waals surface area contributed by atoms with Crippen LogP contribution in [0.5, 0.6) is 5.75 Å². The highest BCUT2D eigenvalue weighted by atomic mass is 16.5. The highest BCUT2D eigenvalue weighted by molar-refractivity contribution is 5.99. The summed E-state index contributed by atoms with van der Waals surface area (Å²) in [5.74, 6) is -0.747. The zero-order valence-corrected chi connectivity index (χ0v) is 11.5. The number of fused-ring (bicyclic) bond motifs is 1. The van der Waals surface area contributed by atoms with Gasteiger partial charge in [-0.05, 0) is 6.07 Å². The van der Waals surface area contributed by atoms with Gasteiger partial charge in [-0.3, -0.25) is 5.10 Å². The van der Waals surface area contributed by atoms with Gasteiger partial charge >= 0.3 is 5.97 Å². The van der Waals surface area contributed by atoms with Crippen LogP contribution in [0, 0.1) is 0 Å². The molecule has 112 valence electrons. The number of carboxylic acids is 1. The first kappa shape index (κ1) is 13.6. The average Bonchev–Trinajstić information content (AvgIpc) is 2.93. The molecule has 0 saturated carbocycles. The number of hydrogen-bond donors (Lipinski definition) is 4. The van der Waals surface area contributed by atoms with Crippen LogP contribution in [0.1, 0.15) is 10.4 Å². The molecule has 5 N–H and O–H groups in total. The molecular formula is C13H12N6O3. The first-order valence-corrected chi connectivity index (χ1v) is 6.22. The fourth-order valence-electron chi connectivity index (χ4n) is 2.07. The summed E-state index contributed by atoms with van der Waals surface area (Å²) in [6.45, 7) is 0. The molecule has 0 spiro atoms. The molecule has 0 unspecified atom stereocenters. The van der Waals surface area contributed by atoms with Crippen LogP contribution in [0.4, 0.5) is 17.3 Å². The molecule has 0 radical (unpaired) electrons. The standard InChI is InChI=1S/C13H12N6O3/c1-22-9-3-7-6(4-17-19-7)2-8(9)18-12-10(13(20)21)11(14)15-5-16-12/h2-5H,1H3,(H,17,19)(H,20,21)(H3,14,15,16,18). The first-order valence-electron chi connectivity index (χ1n) is 6.22. The lowest BCUT2D eigenvalue weighted by Crippen LogP contribution is -2.10. The molecule has 0 saturated heterocycles. The number of methoxy groups -OCH3 is 1. The second kappa shape index (κ2) is 5.20. The third-order valence-corrected chi connectivity index (χ3v) is 3.10. The lowest BCUT2D eigenvalue weighted by Gasteiger charge is -2.13. The van der Waals surface area contributed by atoms with Crippen LogP contribution in [0.25, 0.3) is 10.9 Å². The Morgan fingerprint density at radius 1 is 1.41 bits per heavy atom.